The minimum absolute atomic E-state index is 0.0741. The lowest BCUT2D eigenvalue weighted by Gasteiger charge is -2.18. The molecular weight excluding hydrogens is 390 g/mol. The molecule has 0 spiro atoms. The maximum Gasteiger partial charge on any atom is 0.262 e. The van der Waals surface area contributed by atoms with E-state index in [1.165, 1.54) is 22.5 Å². The van der Waals surface area contributed by atoms with Gasteiger partial charge in [0, 0.05) is 4.90 Å². The Hall–Kier alpha value is -3.50. The van der Waals surface area contributed by atoms with Crippen molar-refractivity contribution in [3.05, 3.63) is 107 Å². The minimum Gasteiger partial charge on any atom is -0.489 e. The summed E-state index contributed by atoms with van der Waals surface area (Å²) in [6.45, 7) is 0.511. The molecule has 0 bridgehead atoms. The molecule has 1 aliphatic rings. The predicted octanol–water partition coefficient (Wildman–Crippen LogP) is 6.50. The van der Waals surface area contributed by atoms with Gasteiger partial charge in [-0.3, -0.25) is 4.79 Å². The van der Waals surface area contributed by atoms with Gasteiger partial charge in [-0.25, -0.2) is 0 Å². The number of fused-ring (bicyclic) bond motifs is 2. The Morgan fingerprint density at radius 3 is 2.50 bits per heavy atom. The Labute approximate surface area is 179 Å². The van der Waals surface area contributed by atoms with Crippen molar-refractivity contribution in [3.8, 4) is 5.75 Å². The lowest BCUT2D eigenvalue weighted by molar-refractivity contribution is -0.112. The summed E-state index contributed by atoms with van der Waals surface area (Å²) in [5.41, 5.74) is 2.99. The number of para-hydroxylation sites is 1. The zero-order chi connectivity index (χ0) is 20.3. The number of ether oxygens (including phenoxy) is 1. The third kappa shape index (κ3) is 3.82. The average molecular weight is 410 g/mol. The quantitative estimate of drug-likeness (QED) is 0.391. The maximum absolute atomic E-state index is 12.4. The summed E-state index contributed by atoms with van der Waals surface area (Å²) >= 11 is 1.49. The Morgan fingerprint density at radius 2 is 1.60 bits per heavy atom. The van der Waals surface area contributed by atoms with Gasteiger partial charge >= 0.3 is 0 Å². The third-order valence-electron chi connectivity index (χ3n) is 5.03. The van der Waals surface area contributed by atoms with Gasteiger partial charge in [-0.15, -0.1) is 0 Å². The Bertz CT molecular complexity index is 1260. The van der Waals surface area contributed by atoms with Crippen LogP contribution in [0.25, 0.3) is 16.8 Å². The van der Waals surface area contributed by atoms with Crippen LogP contribution in [0.2, 0.25) is 0 Å². The van der Waals surface area contributed by atoms with E-state index in [4.69, 9.17) is 4.74 Å². The van der Waals surface area contributed by atoms with E-state index in [0.717, 1.165) is 27.5 Å². The molecule has 0 atom stereocenters. The van der Waals surface area contributed by atoms with Crippen LogP contribution in [0.4, 0.5) is 5.69 Å². The van der Waals surface area contributed by atoms with Crippen molar-refractivity contribution in [3.63, 3.8) is 0 Å². The highest BCUT2D eigenvalue weighted by atomic mass is 32.2. The number of carbonyl (C=O) groups is 1. The topological polar surface area (TPSA) is 38.3 Å². The first-order valence-corrected chi connectivity index (χ1v) is 10.6. The smallest absolute Gasteiger partial charge is 0.262 e. The molecule has 0 aliphatic carbocycles. The molecule has 4 aromatic rings. The van der Waals surface area contributed by atoms with Crippen LogP contribution in [0.15, 0.2) is 101 Å². The van der Waals surface area contributed by atoms with Crippen molar-refractivity contribution in [2.75, 3.05) is 5.32 Å². The Balaban J connectivity index is 1.30. The van der Waals surface area contributed by atoms with Gasteiger partial charge in [-0.1, -0.05) is 78.5 Å². The average Bonchev–Trinajstić information content (AvgIpc) is 2.79. The number of benzene rings is 4. The molecule has 1 heterocycles. The van der Waals surface area contributed by atoms with Gasteiger partial charge in [0.05, 0.1) is 10.6 Å². The summed E-state index contributed by atoms with van der Waals surface area (Å²) in [4.78, 5) is 14.1. The number of nitrogens with one attached hydrogen (secondary N) is 1. The summed E-state index contributed by atoms with van der Waals surface area (Å²) in [7, 11) is 0. The van der Waals surface area contributed by atoms with Crippen LogP contribution >= 0.6 is 11.8 Å². The lowest BCUT2D eigenvalue weighted by Crippen LogP contribution is -2.17. The van der Waals surface area contributed by atoms with Crippen molar-refractivity contribution in [2.24, 2.45) is 0 Å². The number of amides is 1. The zero-order valence-corrected chi connectivity index (χ0v) is 17.0. The van der Waals surface area contributed by atoms with E-state index < -0.39 is 0 Å². The van der Waals surface area contributed by atoms with Gasteiger partial charge in [0.25, 0.3) is 5.91 Å². The highest BCUT2D eigenvalue weighted by molar-refractivity contribution is 8.04. The predicted molar refractivity (Wildman–Crippen MR) is 124 cm³/mol. The molecule has 4 aromatic carbocycles. The molecule has 1 N–H and O–H groups in total. The molecule has 3 nitrogen and oxygen atoms in total. The number of carbonyl (C=O) groups excluding carboxylic acids is 1. The number of thioether (sulfide) groups is 1. The molecule has 146 valence electrons. The minimum atomic E-state index is -0.0741. The van der Waals surface area contributed by atoms with E-state index in [2.05, 4.69) is 35.6 Å². The largest absolute Gasteiger partial charge is 0.489 e. The van der Waals surface area contributed by atoms with E-state index in [1.54, 1.807) is 0 Å². The van der Waals surface area contributed by atoms with Gasteiger partial charge in [0.1, 0.15) is 12.4 Å². The van der Waals surface area contributed by atoms with Crippen LogP contribution in [-0.4, -0.2) is 5.91 Å². The van der Waals surface area contributed by atoms with Gasteiger partial charge < -0.3 is 10.1 Å². The van der Waals surface area contributed by atoms with Gasteiger partial charge in [-0.05, 0) is 52.2 Å². The molecule has 5 rings (SSSR count). The van der Waals surface area contributed by atoms with Crippen LogP contribution in [0.1, 0.15) is 11.1 Å². The van der Waals surface area contributed by atoms with E-state index in [1.807, 2.05) is 66.7 Å². The lowest BCUT2D eigenvalue weighted by atomic mass is 10.1. The van der Waals surface area contributed by atoms with Gasteiger partial charge in [0.15, 0.2) is 0 Å². The molecule has 1 aliphatic heterocycles. The molecule has 0 unspecified atom stereocenters. The van der Waals surface area contributed by atoms with Crippen LogP contribution in [-0.2, 0) is 11.4 Å². The highest BCUT2D eigenvalue weighted by Gasteiger charge is 2.20. The summed E-state index contributed by atoms with van der Waals surface area (Å²) in [5.74, 6) is 0.728. The van der Waals surface area contributed by atoms with E-state index in [0.29, 0.717) is 11.5 Å². The fourth-order valence-electron chi connectivity index (χ4n) is 3.49. The molecular formula is C26H19NO2S. The first-order chi connectivity index (χ1) is 14.8. The van der Waals surface area contributed by atoms with Crippen molar-refractivity contribution in [1.29, 1.82) is 0 Å². The van der Waals surface area contributed by atoms with E-state index >= 15 is 0 Å². The van der Waals surface area contributed by atoms with E-state index in [-0.39, 0.29) is 5.91 Å². The highest BCUT2D eigenvalue weighted by Crippen LogP contribution is 2.38. The number of hydrogen-bond acceptors (Lipinski definition) is 3. The molecule has 30 heavy (non-hydrogen) atoms. The van der Waals surface area contributed by atoms with Crippen LogP contribution < -0.4 is 10.1 Å². The van der Waals surface area contributed by atoms with Crippen molar-refractivity contribution >= 4 is 40.2 Å². The molecule has 0 saturated heterocycles. The summed E-state index contributed by atoms with van der Waals surface area (Å²) in [6.07, 6.45) is 1.91. The zero-order valence-electron chi connectivity index (χ0n) is 16.2. The first-order valence-electron chi connectivity index (χ1n) is 9.76. The van der Waals surface area contributed by atoms with Crippen LogP contribution in [0.5, 0.6) is 5.75 Å². The van der Waals surface area contributed by atoms with Crippen molar-refractivity contribution in [2.45, 2.75) is 11.5 Å². The first kappa shape index (κ1) is 18.5. The second kappa shape index (κ2) is 8.09. The number of anilines is 1. The monoisotopic (exact) mass is 409 g/mol. The Morgan fingerprint density at radius 1 is 0.833 bits per heavy atom. The molecule has 0 saturated carbocycles. The normalized spacial score (nSPS) is 14.4. The maximum atomic E-state index is 12.4. The fourth-order valence-corrected chi connectivity index (χ4v) is 4.45. The van der Waals surface area contributed by atoms with Crippen LogP contribution in [0.3, 0.4) is 0 Å². The molecule has 1 amide bonds. The SMILES string of the molecule is O=C1Nc2ccccc2S/C1=C\c1ccc(OCc2cccc3ccccc23)cc1. The van der Waals surface area contributed by atoms with Gasteiger partial charge in [0.2, 0.25) is 0 Å². The number of rotatable bonds is 4. The molecule has 0 aromatic heterocycles. The molecule has 0 radical (unpaired) electrons. The summed E-state index contributed by atoms with van der Waals surface area (Å²) < 4.78 is 6.01. The summed E-state index contributed by atoms with van der Waals surface area (Å²) in [6, 6.07) is 30.2. The van der Waals surface area contributed by atoms with Crippen molar-refractivity contribution in [1.82, 2.24) is 0 Å². The second-order valence-electron chi connectivity index (χ2n) is 7.06. The summed E-state index contributed by atoms with van der Waals surface area (Å²) in [5, 5.41) is 5.37. The molecule has 4 heteroatoms. The fraction of sp³-hybridized carbons (Fsp3) is 0.0385. The third-order valence-corrected chi connectivity index (χ3v) is 6.13. The van der Waals surface area contributed by atoms with Crippen molar-refractivity contribution < 1.29 is 9.53 Å². The van der Waals surface area contributed by atoms with Gasteiger partial charge in [-0.2, -0.15) is 0 Å². The van der Waals surface area contributed by atoms with E-state index in [9.17, 15) is 4.79 Å². The Kier molecular flexibility index (Phi) is 4.99. The number of hydrogen-bond donors (Lipinski definition) is 1. The second-order valence-corrected chi connectivity index (χ2v) is 8.14. The molecule has 0 fully saturated rings. The standard InChI is InChI=1S/C26H19NO2S/c28-26-25(30-24-11-4-3-10-23(24)27-26)16-18-12-14-21(15-13-18)29-17-20-8-5-7-19-6-1-2-9-22(19)20/h1-16H,17H2,(H,27,28)/b25-16-. The van der Waals surface area contributed by atoms with Crippen LogP contribution in [0, 0.1) is 0 Å².